The van der Waals surface area contributed by atoms with Crippen molar-refractivity contribution in [3.8, 4) is 0 Å². The maximum absolute atomic E-state index is 5.99. The Kier molecular flexibility index (Phi) is 3.76. The van der Waals surface area contributed by atoms with Crippen LogP contribution in [0.3, 0.4) is 0 Å². The Hall–Kier alpha value is 0.620. The number of nitrogens with two attached hydrogens (primary N) is 1. The maximum atomic E-state index is 5.99. The van der Waals surface area contributed by atoms with E-state index in [-0.39, 0.29) is 6.04 Å². The van der Waals surface area contributed by atoms with Crippen LogP contribution in [0.25, 0.3) is 0 Å². The zero-order valence-electron chi connectivity index (χ0n) is 6.97. The van der Waals surface area contributed by atoms with E-state index in [9.17, 15) is 0 Å². The van der Waals surface area contributed by atoms with Crippen LogP contribution in [0.1, 0.15) is 24.8 Å². The SMILES string of the molecule is CC(C)[C@@H](N)c1cc(Br)c(Br)s1. The molecule has 1 aromatic rings. The van der Waals surface area contributed by atoms with Crippen molar-refractivity contribution in [3.05, 3.63) is 19.2 Å². The van der Waals surface area contributed by atoms with Crippen molar-refractivity contribution < 1.29 is 0 Å². The van der Waals surface area contributed by atoms with E-state index in [2.05, 4.69) is 51.8 Å². The Bertz CT molecular complexity index is 251. The van der Waals surface area contributed by atoms with Gasteiger partial charge in [0.1, 0.15) is 0 Å². The van der Waals surface area contributed by atoms with Gasteiger partial charge in [0.25, 0.3) is 0 Å². The summed E-state index contributed by atoms with van der Waals surface area (Å²) in [5, 5.41) is 0. The molecule has 12 heavy (non-hydrogen) atoms. The van der Waals surface area contributed by atoms with Gasteiger partial charge in [-0.25, -0.2) is 0 Å². The molecule has 0 bridgehead atoms. The zero-order chi connectivity index (χ0) is 9.30. The van der Waals surface area contributed by atoms with Crippen LogP contribution in [0.4, 0.5) is 0 Å². The molecule has 2 N–H and O–H groups in total. The second kappa shape index (κ2) is 4.22. The standard InChI is InChI=1S/C8H11Br2NS/c1-4(2)7(11)6-3-5(9)8(10)12-6/h3-4,7H,11H2,1-2H3/t7-/m1/s1. The second-order valence-electron chi connectivity index (χ2n) is 3.04. The summed E-state index contributed by atoms with van der Waals surface area (Å²) in [5.74, 6) is 0.488. The average Bonchev–Trinajstić information content (AvgIpc) is 2.30. The van der Waals surface area contributed by atoms with Crippen LogP contribution in [0.5, 0.6) is 0 Å². The first-order valence-corrected chi connectivity index (χ1v) is 6.13. The van der Waals surface area contributed by atoms with Gasteiger partial charge >= 0.3 is 0 Å². The van der Waals surface area contributed by atoms with E-state index in [1.165, 1.54) is 4.88 Å². The molecule has 0 aliphatic carbocycles. The normalized spacial score (nSPS) is 13.8. The monoisotopic (exact) mass is 311 g/mol. The number of hydrogen-bond acceptors (Lipinski definition) is 2. The third-order valence-electron chi connectivity index (χ3n) is 1.71. The van der Waals surface area contributed by atoms with Gasteiger partial charge in [-0.05, 0) is 43.8 Å². The minimum atomic E-state index is 0.151. The van der Waals surface area contributed by atoms with Crippen LogP contribution in [0, 0.1) is 5.92 Å². The molecule has 0 fully saturated rings. The lowest BCUT2D eigenvalue weighted by Crippen LogP contribution is -2.14. The molecule has 4 heteroatoms. The van der Waals surface area contributed by atoms with Gasteiger partial charge < -0.3 is 5.73 Å². The summed E-state index contributed by atoms with van der Waals surface area (Å²) in [6, 6.07) is 2.23. The lowest BCUT2D eigenvalue weighted by molar-refractivity contribution is 0.521. The molecular formula is C8H11Br2NS. The Morgan fingerprint density at radius 3 is 2.33 bits per heavy atom. The number of rotatable bonds is 2. The Labute approximate surface area is 93.6 Å². The molecule has 0 aliphatic heterocycles. The van der Waals surface area contributed by atoms with E-state index in [4.69, 9.17) is 5.73 Å². The van der Waals surface area contributed by atoms with Gasteiger partial charge in [-0.1, -0.05) is 13.8 Å². The fourth-order valence-corrected chi connectivity index (χ4v) is 3.12. The third kappa shape index (κ3) is 2.31. The lowest BCUT2D eigenvalue weighted by Gasteiger charge is -2.12. The van der Waals surface area contributed by atoms with Crippen molar-refractivity contribution in [1.82, 2.24) is 0 Å². The molecule has 1 heterocycles. The Balaban J connectivity index is 2.89. The summed E-state index contributed by atoms with van der Waals surface area (Å²) >= 11 is 8.59. The minimum absolute atomic E-state index is 0.151. The molecule has 0 spiro atoms. The van der Waals surface area contributed by atoms with E-state index in [0.717, 1.165) is 8.26 Å². The van der Waals surface area contributed by atoms with Crippen LogP contribution >= 0.6 is 43.2 Å². The summed E-state index contributed by atoms with van der Waals surface area (Å²) in [6.07, 6.45) is 0. The van der Waals surface area contributed by atoms with Crippen LogP contribution in [0.2, 0.25) is 0 Å². The van der Waals surface area contributed by atoms with Crippen LogP contribution in [-0.2, 0) is 0 Å². The van der Waals surface area contributed by atoms with Gasteiger partial charge in [-0.3, -0.25) is 0 Å². The molecule has 0 aliphatic rings. The smallest absolute Gasteiger partial charge is 0.0843 e. The van der Waals surface area contributed by atoms with Crippen LogP contribution < -0.4 is 5.73 Å². The summed E-state index contributed by atoms with van der Waals surface area (Å²) in [5.41, 5.74) is 5.99. The minimum Gasteiger partial charge on any atom is -0.323 e. The fourth-order valence-electron chi connectivity index (χ4n) is 0.856. The molecule has 1 aromatic heterocycles. The first-order valence-electron chi connectivity index (χ1n) is 3.72. The quantitative estimate of drug-likeness (QED) is 0.879. The zero-order valence-corrected chi connectivity index (χ0v) is 11.0. The summed E-state index contributed by atoms with van der Waals surface area (Å²) in [4.78, 5) is 1.23. The van der Waals surface area contributed by atoms with Gasteiger partial charge in [-0.2, -0.15) is 0 Å². The third-order valence-corrected chi connectivity index (χ3v) is 5.07. The van der Waals surface area contributed by atoms with Crippen molar-refractivity contribution in [3.63, 3.8) is 0 Å². The largest absolute Gasteiger partial charge is 0.323 e. The number of thiophene rings is 1. The van der Waals surface area contributed by atoms with Gasteiger partial charge in [0.2, 0.25) is 0 Å². The topological polar surface area (TPSA) is 26.0 Å². The van der Waals surface area contributed by atoms with Crippen molar-refractivity contribution >= 4 is 43.2 Å². The second-order valence-corrected chi connectivity index (χ2v) is 6.30. The molecule has 1 rings (SSSR count). The van der Waals surface area contributed by atoms with Crippen molar-refractivity contribution in [2.45, 2.75) is 19.9 Å². The lowest BCUT2D eigenvalue weighted by atomic mass is 10.0. The first kappa shape index (κ1) is 10.7. The molecule has 0 unspecified atom stereocenters. The highest BCUT2D eigenvalue weighted by atomic mass is 79.9. The number of hydrogen-bond donors (Lipinski definition) is 1. The van der Waals surface area contributed by atoms with Crippen molar-refractivity contribution in [1.29, 1.82) is 0 Å². The van der Waals surface area contributed by atoms with Crippen molar-refractivity contribution in [2.24, 2.45) is 11.7 Å². The molecule has 68 valence electrons. The Morgan fingerprint density at radius 2 is 2.00 bits per heavy atom. The molecule has 0 aromatic carbocycles. The van der Waals surface area contributed by atoms with E-state index >= 15 is 0 Å². The first-order chi connectivity index (χ1) is 5.52. The molecular weight excluding hydrogens is 302 g/mol. The van der Waals surface area contributed by atoms with Crippen LogP contribution in [0.15, 0.2) is 14.3 Å². The molecule has 0 radical (unpaired) electrons. The average molecular weight is 313 g/mol. The maximum Gasteiger partial charge on any atom is 0.0843 e. The van der Waals surface area contributed by atoms with E-state index in [0.29, 0.717) is 5.92 Å². The summed E-state index contributed by atoms with van der Waals surface area (Å²) < 4.78 is 2.22. The molecule has 0 saturated heterocycles. The van der Waals surface area contributed by atoms with Crippen LogP contribution in [-0.4, -0.2) is 0 Å². The summed E-state index contributed by atoms with van der Waals surface area (Å²) in [7, 11) is 0. The highest BCUT2D eigenvalue weighted by molar-refractivity contribution is 9.13. The van der Waals surface area contributed by atoms with Gasteiger partial charge in [0, 0.05) is 15.4 Å². The molecule has 0 saturated carbocycles. The van der Waals surface area contributed by atoms with Gasteiger partial charge in [-0.15, -0.1) is 11.3 Å². The molecule has 1 nitrogen and oxygen atoms in total. The highest BCUT2D eigenvalue weighted by Crippen LogP contribution is 2.36. The summed E-state index contributed by atoms with van der Waals surface area (Å²) in [6.45, 7) is 4.26. The predicted octanol–water partition coefficient (Wildman–Crippen LogP) is 3.93. The molecule has 1 atom stereocenters. The van der Waals surface area contributed by atoms with E-state index in [1.54, 1.807) is 11.3 Å². The predicted molar refractivity (Wildman–Crippen MR) is 61.5 cm³/mol. The Morgan fingerprint density at radius 1 is 1.42 bits per heavy atom. The van der Waals surface area contributed by atoms with Crippen molar-refractivity contribution in [2.75, 3.05) is 0 Å². The van der Waals surface area contributed by atoms with E-state index < -0.39 is 0 Å². The molecule has 0 amide bonds. The fraction of sp³-hybridized carbons (Fsp3) is 0.500. The van der Waals surface area contributed by atoms with Gasteiger partial charge in [0.15, 0.2) is 0 Å². The number of halogens is 2. The highest BCUT2D eigenvalue weighted by Gasteiger charge is 2.14. The van der Waals surface area contributed by atoms with E-state index in [1.807, 2.05) is 0 Å². The van der Waals surface area contributed by atoms with Gasteiger partial charge in [0.05, 0.1) is 3.79 Å².